The molecule has 1 atom stereocenters. The second-order valence-electron chi connectivity index (χ2n) is 6.65. The van der Waals surface area contributed by atoms with E-state index in [1.807, 2.05) is 18.2 Å². The van der Waals surface area contributed by atoms with Gasteiger partial charge in [0.1, 0.15) is 29.2 Å². The summed E-state index contributed by atoms with van der Waals surface area (Å²) >= 11 is 0. The minimum atomic E-state index is -0.316. The highest BCUT2D eigenvalue weighted by Gasteiger charge is 2.27. The summed E-state index contributed by atoms with van der Waals surface area (Å²) in [4.78, 5) is 12.3. The van der Waals surface area contributed by atoms with Crippen LogP contribution in [-0.4, -0.2) is 36.5 Å². The fourth-order valence-electron chi connectivity index (χ4n) is 3.31. The molecule has 1 amide bonds. The minimum absolute atomic E-state index is 0.189. The number of rotatable bonds is 6. The van der Waals surface area contributed by atoms with E-state index in [0.29, 0.717) is 36.0 Å². The molecule has 7 nitrogen and oxygen atoms in total. The fourth-order valence-corrected chi connectivity index (χ4v) is 3.31. The number of nitrogens with one attached hydrogen (secondary N) is 2. The van der Waals surface area contributed by atoms with Gasteiger partial charge in [0.05, 0.1) is 26.5 Å². The number of amides is 1. The molecule has 1 aliphatic heterocycles. The Morgan fingerprint density at radius 2 is 1.97 bits per heavy atom. The number of fused-ring (bicyclic) bond motifs is 1. The maximum Gasteiger partial charge on any atom is 0.269 e. The van der Waals surface area contributed by atoms with Gasteiger partial charge in [-0.1, -0.05) is 6.07 Å². The lowest BCUT2D eigenvalue weighted by atomic mass is 10.1. The SMILES string of the molecule is COc1ccc(CNC2CNC(=O)c3cc(-c4ccc(F)cc4)nn32)c(OC)c1. The van der Waals surface area contributed by atoms with E-state index in [-0.39, 0.29) is 17.9 Å². The van der Waals surface area contributed by atoms with Gasteiger partial charge in [-0.3, -0.25) is 10.1 Å². The van der Waals surface area contributed by atoms with Gasteiger partial charge < -0.3 is 14.8 Å². The molecule has 1 unspecified atom stereocenters. The molecule has 29 heavy (non-hydrogen) atoms. The molecule has 1 aromatic heterocycles. The lowest BCUT2D eigenvalue weighted by Gasteiger charge is -2.26. The summed E-state index contributed by atoms with van der Waals surface area (Å²) < 4.78 is 25.6. The van der Waals surface area contributed by atoms with E-state index < -0.39 is 0 Å². The predicted molar refractivity (Wildman–Crippen MR) is 105 cm³/mol. The summed E-state index contributed by atoms with van der Waals surface area (Å²) in [7, 11) is 3.22. The molecule has 0 radical (unpaired) electrons. The molecule has 2 N–H and O–H groups in total. The van der Waals surface area contributed by atoms with Crippen LogP contribution in [0.5, 0.6) is 11.5 Å². The summed E-state index contributed by atoms with van der Waals surface area (Å²) in [6, 6.07) is 13.4. The van der Waals surface area contributed by atoms with E-state index in [2.05, 4.69) is 15.7 Å². The smallest absolute Gasteiger partial charge is 0.269 e. The van der Waals surface area contributed by atoms with Gasteiger partial charge in [0.2, 0.25) is 0 Å². The van der Waals surface area contributed by atoms with Crippen LogP contribution in [0.2, 0.25) is 0 Å². The highest BCUT2D eigenvalue weighted by Crippen LogP contribution is 2.26. The van der Waals surface area contributed by atoms with E-state index in [4.69, 9.17) is 9.47 Å². The number of nitrogens with zero attached hydrogens (tertiary/aromatic N) is 2. The van der Waals surface area contributed by atoms with Gasteiger partial charge in [-0.15, -0.1) is 0 Å². The van der Waals surface area contributed by atoms with Crippen LogP contribution in [0.25, 0.3) is 11.3 Å². The molecule has 0 aliphatic carbocycles. The molecule has 0 saturated carbocycles. The van der Waals surface area contributed by atoms with E-state index in [1.54, 1.807) is 37.1 Å². The van der Waals surface area contributed by atoms with Crippen LogP contribution in [-0.2, 0) is 6.54 Å². The van der Waals surface area contributed by atoms with Gasteiger partial charge in [0.25, 0.3) is 5.91 Å². The van der Waals surface area contributed by atoms with Gasteiger partial charge in [0, 0.05) is 23.7 Å². The highest BCUT2D eigenvalue weighted by molar-refractivity contribution is 5.94. The van der Waals surface area contributed by atoms with Crippen molar-refractivity contribution in [3.05, 3.63) is 65.6 Å². The first-order chi connectivity index (χ1) is 14.1. The molecule has 2 aromatic carbocycles. The lowest BCUT2D eigenvalue weighted by Crippen LogP contribution is -2.45. The Morgan fingerprint density at radius 3 is 2.69 bits per heavy atom. The standard InChI is InChI=1S/C21H21FN4O3/c1-28-16-8-5-14(19(9-16)29-2)11-23-20-12-24-21(27)18-10-17(25-26(18)20)13-3-6-15(22)7-4-13/h3-10,20,23H,11-12H2,1-2H3,(H,24,27). The van der Waals surface area contributed by atoms with Crippen LogP contribution in [0.3, 0.4) is 0 Å². The van der Waals surface area contributed by atoms with Crippen molar-refractivity contribution in [2.45, 2.75) is 12.7 Å². The highest BCUT2D eigenvalue weighted by atomic mass is 19.1. The van der Waals surface area contributed by atoms with Gasteiger partial charge in [0.15, 0.2) is 0 Å². The Bertz CT molecular complexity index is 1030. The molecular weight excluding hydrogens is 375 g/mol. The summed E-state index contributed by atoms with van der Waals surface area (Å²) in [6.07, 6.45) is -0.233. The van der Waals surface area contributed by atoms with Crippen molar-refractivity contribution in [1.82, 2.24) is 20.4 Å². The summed E-state index contributed by atoms with van der Waals surface area (Å²) in [5, 5.41) is 10.9. The van der Waals surface area contributed by atoms with Gasteiger partial charge in [-0.05, 0) is 36.4 Å². The zero-order chi connectivity index (χ0) is 20.4. The first-order valence-electron chi connectivity index (χ1n) is 9.17. The predicted octanol–water partition coefficient (Wildman–Crippen LogP) is 2.74. The van der Waals surface area contributed by atoms with E-state index in [1.165, 1.54) is 12.1 Å². The molecule has 0 bridgehead atoms. The van der Waals surface area contributed by atoms with Crippen molar-refractivity contribution in [1.29, 1.82) is 0 Å². The molecule has 2 heterocycles. The Hall–Kier alpha value is -3.39. The maximum atomic E-state index is 13.2. The van der Waals surface area contributed by atoms with Gasteiger partial charge in [-0.2, -0.15) is 5.10 Å². The maximum absolute atomic E-state index is 13.2. The Morgan fingerprint density at radius 1 is 1.17 bits per heavy atom. The van der Waals surface area contributed by atoms with Crippen LogP contribution in [0.1, 0.15) is 22.2 Å². The minimum Gasteiger partial charge on any atom is -0.497 e. The fraction of sp³-hybridized carbons (Fsp3) is 0.238. The molecule has 8 heteroatoms. The first-order valence-corrected chi connectivity index (χ1v) is 9.17. The Labute approximate surface area is 167 Å². The molecule has 150 valence electrons. The normalized spacial score (nSPS) is 15.6. The number of hydrogen-bond donors (Lipinski definition) is 2. The van der Waals surface area contributed by atoms with E-state index in [0.717, 1.165) is 11.1 Å². The molecular formula is C21H21FN4O3. The second-order valence-corrected chi connectivity index (χ2v) is 6.65. The number of hydrogen-bond acceptors (Lipinski definition) is 5. The number of ether oxygens (including phenoxy) is 2. The number of carbonyl (C=O) groups is 1. The van der Waals surface area contributed by atoms with Crippen molar-refractivity contribution in [2.75, 3.05) is 20.8 Å². The third kappa shape index (κ3) is 3.79. The van der Waals surface area contributed by atoms with E-state index >= 15 is 0 Å². The number of aromatic nitrogens is 2. The van der Waals surface area contributed by atoms with Crippen molar-refractivity contribution >= 4 is 5.91 Å². The quantitative estimate of drug-likeness (QED) is 0.670. The van der Waals surface area contributed by atoms with Gasteiger partial charge >= 0.3 is 0 Å². The topological polar surface area (TPSA) is 77.4 Å². The number of halogens is 1. The average molecular weight is 396 g/mol. The van der Waals surface area contributed by atoms with E-state index in [9.17, 15) is 9.18 Å². The first kappa shape index (κ1) is 18.9. The Kier molecular flexibility index (Phi) is 5.18. The monoisotopic (exact) mass is 396 g/mol. The third-order valence-corrected chi connectivity index (χ3v) is 4.88. The third-order valence-electron chi connectivity index (χ3n) is 4.88. The molecule has 0 fully saturated rings. The number of carbonyl (C=O) groups excluding carboxylic acids is 1. The summed E-state index contributed by atoms with van der Waals surface area (Å²) in [5.41, 5.74) is 2.77. The summed E-state index contributed by atoms with van der Waals surface area (Å²) in [5.74, 6) is 0.924. The van der Waals surface area contributed by atoms with Crippen molar-refractivity contribution in [3.8, 4) is 22.8 Å². The number of benzene rings is 2. The molecule has 0 saturated heterocycles. The van der Waals surface area contributed by atoms with Crippen LogP contribution in [0.4, 0.5) is 4.39 Å². The number of methoxy groups -OCH3 is 2. The Balaban J connectivity index is 1.57. The second kappa shape index (κ2) is 7.92. The molecule has 0 spiro atoms. The van der Waals surface area contributed by atoms with Crippen LogP contribution in [0.15, 0.2) is 48.5 Å². The van der Waals surface area contributed by atoms with Crippen molar-refractivity contribution < 1.29 is 18.7 Å². The van der Waals surface area contributed by atoms with Gasteiger partial charge in [-0.25, -0.2) is 9.07 Å². The molecule has 3 aromatic rings. The lowest BCUT2D eigenvalue weighted by molar-refractivity contribution is 0.0900. The molecule has 1 aliphatic rings. The van der Waals surface area contributed by atoms with Crippen molar-refractivity contribution in [2.24, 2.45) is 0 Å². The van der Waals surface area contributed by atoms with Crippen LogP contribution < -0.4 is 20.1 Å². The average Bonchev–Trinajstić information content (AvgIpc) is 3.20. The van der Waals surface area contributed by atoms with Crippen LogP contribution >= 0.6 is 0 Å². The zero-order valence-electron chi connectivity index (χ0n) is 16.1. The van der Waals surface area contributed by atoms with Crippen molar-refractivity contribution in [3.63, 3.8) is 0 Å². The largest absolute Gasteiger partial charge is 0.497 e. The zero-order valence-corrected chi connectivity index (χ0v) is 16.1. The van der Waals surface area contributed by atoms with Crippen LogP contribution in [0, 0.1) is 5.82 Å². The molecule has 4 rings (SSSR count). The summed E-state index contributed by atoms with van der Waals surface area (Å²) in [6.45, 7) is 0.910.